The van der Waals surface area contributed by atoms with Gasteiger partial charge in [-0.25, -0.2) is 0 Å². The van der Waals surface area contributed by atoms with Crippen LogP contribution in [0.2, 0.25) is 0 Å². The van der Waals surface area contributed by atoms with E-state index in [2.05, 4.69) is 20.6 Å². The topological polar surface area (TPSA) is 66.9 Å². The third-order valence-corrected chi connectivity index (χ3v) is 2.11. The summed E-state index contributed by atoms with van der Waals surface area (Å²) in [7, 11) is 1.63. The van der Waals surface area contributed by atoms with Gasteiger partial charge in [0, 0.05) is 44.6 Å². The number of hydrogen-bond donors (Lipinski definition) is 2. The maximum Gasteiger partial charge on any atom is 0.221 e. The first-order valence-corrected chi connectivity index (χ1v) is 4.94. The SMILES string of the molecule is CNC(=O)CCNC(C)c1cnccn1. The predicted octanol–water partition coefficient (Wildman–Crippen LogP) is 0.263. The Bertz CT molecular complexity index is 302. The molecule has 1 unspecified atom stereocenters. The van der Waals surface area contributed by atoms with Crippen LogP contribution in [-0.2, 0) is 4.79 Å². The number of nitrogens with one attached hydrogen (secondary N) is 2. The molecule has 15 heavy (non-hydrogen) atoms. The van der Waals surface area contributed by atoms with E-state index in [1.54, 1.807) is 25.6 Å². The number of hydrogen-bond acceptors (Lipinski definition) is 4. The van der Waals surface area contributed by atoms with E-state index in [-0.39, 0.29) is 11.9 Å². The average Bonchev–Trinajstić information content (AvgIpc) is 2.29. The van der Waals surface area contributed by atoms with Crippen LogP contribution < -0.4 is 10.6 Å². The van der Waals surface area contributed by atoms with Gasteiger partial charge in [0.15, 0.2) is 0 Å². The van der Waals surface area contributed by atoms with Crippen molar-refractivity contribution in [3.63, 3.8) is 0 Å². The zero-order valence-corrected chi connectivity index (χ0v) is 9.03. The van der Waals surface area contributed by atoms with E-state index in [0.29, 0.717) is 13.0 Å². The highest BCUT2D eigenvalue weighted by Gasteiger charge is 2.06. The average molecular weight is 208 g/mol. The quantitative estimate of drug-likeness (QED) is 0.728. The molecule has 0 aliphatic carbocycles. The van der Waals surface area contributed by atoms with Gasteiger partial charge >= 0.3 is 0 Å². The molecule has 2 N–H and O–H groups in total. The van der Waals surface area contributed by atoms with Crippen molar-refractivity contribution in [1.29, 1.82) is 0 Å². The molecule has 1 rings (SSSR count). The molecule has 0 saturated heterocycles. The van der Waals surface area contributed by atoms with Gasteiger partial charge in [-0.15, -0.1) is 0 Å². The smallest absolute Gasteiger partial charge is 0.221 e. The molecule has 0 spiro atoms. The summed E-state index contributed by atoms with van der Waals surface area (Å²) in [5, 5.41) is 5.77. The Balaban J connectivity index is 2.31. The Morgan fingerprint density at radius 3 is 2.93 bits per heavy atom. The van der Waals surface area contributed by atoms with Crippen molar-refractivity contribution in [2.75, 3.05) is 13.6 Å². The summed E-state index contributed by atoms with van der Waals surface area (Å²) in [5.74, 6) is 0.0360. The van der Waals surface area contributed by atoms with Gasteiger partial charge < -0.3 is 10.6 Å². The standard InChI is InChI=1S/C10H16N4O/c1-8(9-7-12-5-6-14-9)13-4-3-10(15)11-2/h5-8,13H,3-4H2,1-2H3,(H,11,15). The summed E-state index contributed by atoms with van der Waals surface area (Å²) >= 11 is 0. The van der Waals surface area contributed by atoms with Crippen LogP contribution in [0.25, 0.3) is 0 Å². The molecule has 0 bridgehead atoms. The summed E-state index contributed by atoms with van der Waals surface area (Å²) in [6.45, 7) is 2.63. The summed E-state index contributed by atoms with van der Waals surface area (Å²) in [4.78, 5) is 19.1. The lowest BCUT2D eigenvalue weighted by atomic mass is 10.2. The fourth-order valence-electron chi connectivity index (χ4n) is 1.17. The van der Waals surface area contributed by atoms with E-state index < -0.39 is 0 Å². The lowest BCUT2D eigenvalue weighted by Crippen LogP contribution is -2.26. The molecule has 1 atom stereocenters. The lowest BCUT2D eigenvalue weighted by Gasteiger charge is -2.11. The van der Waals surface area contributed by atoms with Crippen molar-refractivity contribution < 1.29 is 4.79 Å². The van der Waals surface area contributed by atoms with Crippen molar-refractivity contribution in [3.8, 4) is 0 Å². The van der Waals surface area contributed by atoms with Crippen molar-refractivity contribution in [2.45, 2.75) is 19.4 Å². The van der Waals surface area contributed by atoms with Gasteiger partial charge in [-0.1, -0.05) is 0 Å². The fraction of sp³-hybridized carbons (Fsp3) is 0.500. The Hall–Kier alpha value is -1.49. The van der Waals surface area contributed by atoms with Gasteiger partial charge in [-0.2, -0.15) is 0 Å². The predicted molar refractivity (Wildman–Crippen MR) is 57.1 cm³/mol. The van der Waals surface area contributed by atoms with Crippen LogP contribution in [0.1, 0.15) is 25.1 Å². The summed E-state index contributed by atoms with van der Waals surface area (Å²) in [5.41, 5.74) is 0.884. The molecule has 0 saturated carbocycles. The van der Waals surface area contributed by atoms with Gasteiger partial charge in [0.25, 0.3) is 0 Å². The van der Waals surface area contributed by atoms with Crippen LogP contribution in [0, 0.1) is 0 Å². The largest absolute Gasteiger partial charge is 0.359 e. The van der Waals surface area contributed by atoms with Crippen molar-refractivity contribution in [3.05, 3.63) is 24.3 Å². The fourth-order valence-corrected chi connectivity index (χ4v) is 1.17. The van der Waals surface area contributed by atoms with Crippen molar-refractivity contribution in [2.24, 2.45) is 0 Å². The molecule has 1 aromatic rings. The first kappa shape index (κ1) is 11.6. The number of carbonyl (C=O) groups excluding carboxylic acids is 1. The molecule has 5 heteroatoms. The second-order valence-corrected chi connectivity index (χ2v) is 3.23. The van der Waals surface area contributed by atoms with E-state index in [0.717, 1.165) is 5.69 Å². The summed E-state index contributed by atoms with van der Waals surface area (Å²) in [6, 6.07) is 0.114. The number of amides is 1. The van der Waals surface area contributed by atoms with Crippen LogP contribution >= 0.6 is 0 Å². The Kier molecular flexibility index (Phi) is 4.70. The maximum atomic E-state index is 11.0. The second-order valence-electron chi connectivity index (χ2n) is 3.23. The zero-order chi connectivity index (χ0) is 11.1. The second kappa shape index (κ2) is 6.08. The van der Waals surface area contributed by atoms with Crippen LogP contribution in [0.3, 0.4) is 0 Å². The summed E-state index contributed by atoms with van der Waals surface area (Å²) < 4.78 is 0. The van der Waals surface area contributed by atoms with Gasteiger partial charge in [-0.05, 0) is 6.92 Å². The normalized spacial score (nSPS) is 12.1. The van der Waals surface area contributed by atoms with Crippen molar-refractivity contribution in [1.82, 2.24) is 20.6 Å². The van der Waals surface area contributed by atoms with Crippen LogP contribution in [0.4, 0.5) is 0 Å². The van der Waals surface area contributed by atoms with Crippen LogP contribution in [0.5, 0.6) is 0 Å². The molecule has 0 radical (unpaired) electrons. The lowest BCUT2D eigenvalue weighted by molar-refractivity contribution is -0.120. The van der Waals surface area contributed by atoms with E-state index >= 15 is 0 Å². The molecule has 82 valence electrons. The van der Waals surface area contributed by atoms with Gasteiger partial charge in [0.2, 0.25) is 5.91 Å². The first-order valence-electron chi connectivity index (χ1n) is 4.94. The molecule has 1 amide bonds. The Morgan fingerprint density at radius 2 is 2.33 bits per heavy atom. The van der Waals surface area contributed by atoms with Gasteiger partial charge in [0.05, 0.1) is 5.69 Å². The van der Waals surface area contributed by atoms with Crippen LogP contribution in [-0.4, -0.2) is 29.5 Å². The Labute approximate surface area is 89.3 Å². The first-order chi connectivity index (χ1) is 7.24. The summed E-state index contributed by atoms with van der Waals surface area (Å²) in [6.07, 6.45) is 5.49. The van der Waals surface area contributed by atoms with Crippen LogP contribution in [0.15, 0.2) is 18.6 Å². The molecule has 0 aliphatic rings. The molecule has 0 fully saturated rings. The monoisotopic (exact) mass is 208 g/mol. The molecular formula is C10H16N4O. The third-order valence-electron chi connectivity index (χ3n) is 2.11. The molecule has 1 aromatic heterocycles. The van der Waals surface area contributed by atoms with Crippen molar-refractivity contribution >= 4 is 5.91 Å². The minimum absolute atomic E-state index is 0.0360. The van der Waals surface area contributed by atoms with E-state index in [1.165, 1.54) is 0 Å². The maximum absolute atomic E-state index is 11.0. The highest BCUT2D eigenvalue weighted by molar-refractivity contribution is 5.75. The van der Waals surface area contributed by atoms with E-state index in [4.69, 9.17) is 0 Å². The molecule has 0 aliphatic heterocycles. The minimum atomic E-state index is 0.0360. The van der Waals surface area contributed by atoms with Gasteiger partial charge in [-0.3, -0.25) is 14.8 Å². The van der Waals surface area contributed by atoms with Gasteiger partial charge in [0.1, 0.15) is 0 Å². The number of rotatable bonds is 5. The highest BCUT2D eigenvalue weighted by atomic mass is 16.1. The minimum Gasteiger partial charge on any atom is -0.359 e. The molecule has 5 nitrogen and oxygen atoms in total. The number of aromatic nitrogens is 2. The Morgan fingerprint density at radius 1 is 1.53 bits per heavy atom. The highest BCUT2D eigenvalue weighted by Crippen LogP contribution is 2.05. The molecule has 1 heterocycles. The zero-order valence-electron chi connectivity index (χ0n) is 9.03. The number of carbonyl (C=O) groups is 1. The van der Waals surface area contributed by atoms with E-state index in [9.17, 15) is 4.79 Å². The third kappa shape index (κ3) is 4.03. The molecule has 0 aromatic carbocycles. The van der Waals surface area contributed by atoms with E-state index in [1.807, 2.05) is 6.92 Å². The number of nitrogens with zero attached hydrogens (tertiary/aromatic N) is 2. The molecular weight excluding hydrogens is 192 g/mol.